The van der Waals surface area contributed by atoms with Crippen molar-refractivity contribution in [1.29, 1.82) is 0 Å². The molecule has 0 amide bonds. The quantitative estimate of drug-likeness (QED) is 0.547. The predicted molar refractivity (Wildman–Crippen MR) is 57.7 cm³/mol. The van der Waals surface area contributed by atoms with Gasteiger partial charge in [-0.05, 0) is 17.5 Å². The van der Waals surface area contributed by atoms with Crippen LogP contribution in [0.3, 0.4) is 0 Å². The van der Waals surface area contributed by atoms with E-state index in [4.69, 9.17) is 5.73 Å². The van der Waals surface area contributed by atoms with Crippen LogP contribution in [-0.2, 0) is 0 Å². The van der Waals surface area contributed by atoms with Gasteiger partial charge in [-0.15, -0.1) is 0 Å². The van der Waals surface area contributed by atoms with Crippen molar-refractivity contribution >= 4 is 32.4 Å². The van der Waals surface area contributed by atoms with E-state index >= 15 is 0 Å². The fraction of sp³-hybridized carbons (Fsp3) is 0. The van der Waals surface area contributed by atoms with E-state index in [1.807, 2.05) is 24.3 Å². The third-order valence-corrected chi connectivity index (χ3v) is 2.70. The molecule has 2 rings (SSSR count). The second-order valence-electron chi connectivity index (χ2n) is 2.84. The first-order chi connectivity index (χ1) is 6.20. The van der Waals surface area contributed by atoms with Crippen molar-refractivity contribution in [3.05, 3.63) is 34.8 Å². The zero-order chi connectivity index (χ0) is 9.42. The molecule has 0 radical (unpaired) electrons. The molecule has 0 fully saturated rings. The van der Waals surface area contributed by atoms with Crippen molar-refractivity contribution in [3.63, 3.8) is 0 Å². The Labute approximate surface area is 84.1 Å². The number of benzene rings is 2. The molecule has 0 aliphatic carbocycles. The first-order valence-electron chi connectivity index (χ1n) is 3.86. The highest BCUT2D eigenvalue weighted by Gasteiger charge is 2.04. The van der Waals surface area contributed by atoms with Crippen molar-refractivity contribution in [2.24, 2.45) is 0 Å². The Morgan fingerprint density at radius 1 is 1.08 bits per heavy atom. The van der Waals surface area contributed by atoms with Crippen LogP contribution in [0.4, 0.5) is 5.69 Å². The van der Waals surface area contributed by atoms with Gasteiger partial charge >= 0.3 is 0 Å². The van der Waals surface area contributed by atoms with E-state index in [2.05, 4.69) is 15.9 Å². The van der Waals surface area contributed by atoms with Gasteiger partial charge in [-0.3, -0.25) is 0 Å². The summed E-state index contributed by atoms with van der Waals surface area (Å²) in [6, 6.07) is 9.21. The number of anilines is 1. The largest absolute Gasteiger partial charge is 0.505 e. The summed E-state index contributed by atoms with van der Waals surface area (Å²) in [7, 11) is 0. The average molecular weight is 238 g/mol. The van der Waals surface area contributed by atoms with E-state index in [9.17, 15) is 5.11 Å². The molecule has 0 spiro atoms. The first kappa shape index (κ1) is 8.38. The second kappa shape index (κ2) is 2.92. The number of hydrogen-bond donors (Lipinski definition) is 2. The van der Waals surface area contributed by atoms with E-state index in [0.29, 0.717) is 5.69 Å². The van der Waals surface area contributed by atoms with Crippen molar-refractivity contribution < 1.29 is 5.11 Å². The first-order valence-corrected chi connectivity index (χ1v) is 4.65. The number of fused-ring (bicyclic) bond motifs is 1. The summed E-state index contributed by atoms with van der Waals surface area (Å²) in [5.41, 5.74) is 5.98. The Bertz CT molecular complexity index is 468. The van der Waals surface area contributed by atoms with Gasteiger partial charge in [-0.25, -0.2) is 0 Å². The van der Waals surface area contributed by atoms with Crippen molar-refractivity contribution in [3.8, 4) is 5.75 Å². The topological polar surface area (TPSA) is 46.2 Å². The molecule has 66 valence electrons. The third kappa shape index (κ3) is 1.25. The monoisotopic (exact) mass is 237 g/mol. The summed E-state index contributed by atoms with van der Waals surface area (Å²) < 4.78 is 0.959. The van der Waals surface area contributed by atoms with Crippen LogP contribution in [0.2, 0.25) is 0 Å². The fourth-order valence-corrected chi connectivity index (χ4v) is 1.82. The summed E-state index contributed by atoms with van der Waals surface area (Å²) in [6.45, 7) is 0. The maximum absolute atomic E-state index is 9.64. The number of phenolic OH excluding ortho intramolecular Hbond substituents is 1. The summed E-state index contributed by atoms with van der Waals surface area (Å²) >= 11 is 3.40. The Morgan fingerprint density at radius 3 is 2.62 bits per heavy atom. The Kier molecular flexibility index (Phi) is 1.88. The third-order valence-electron chi connectivity index (χ3n) is 2.01. The van der Waals surface area contributed by atoms with Crippen molar-refractivity contribution in [2.45, 2.75) is 0 Å². The van der Waals surface area contributed by atoms with E-state index < -0.39 is 0 Å². The number of rotatable bonds is 0. The van der Waals surface area contributed by atoms with Crippen LogP contribution in [0, 0.1) is 0 Å². The normalized spacial score (nSPS) is 10.5. The Morgan fingerprint density at radius 2 is 1.85 bits per heavy atom. The Balaban J connectivity index is 2.94. The van der Waals surface area contributed by atoms with E-state index in [-0.39, 0.29) is 5.75 Å². The van der Waals surface area contributed by atoms with Crippen LogP contribution < -0.4 is 5.73 Å². The van der Waals surface area contributed by atoms with Crippen molar-refractivity contribution in [1.82, 2.24) is 0 Å². The molecule has 0 bridgehead atoms. The molecule has 0 aliphatic heterocycles. The number of hydrogen-bond acceptors (Lipinski definition) is 2. The van der Waals surface area contributed by atoms with Crippen LogP contribution >= 0.6 is 15.9 Å². The van der Waals surface area contributed by atoms with Gasteiger partial charge < -0.3 is 10.8 Å². The van der Waals surface area contributed by atoms with Crippen LogP contribution in [0.25, 0.3) is 10.8 Å². The summed E-state index contributed by atoms with van der Waals surface area (Å²) in [6.07, 6.45) is 0. The second-order valence-corrected chi connectivity index (χ2v) is 3.69. The van der Waals surface area contributed by atoms with Crippen LogP contribution in [0.5, 0.6) is 5.75 Å². The highest BCUT2D eigenvalue weighted by molar-refractivity contribution is 9.10. The van der Waals surface area contributed by atoms with Gasteiger partial charge in [-0.1, -0.05) is 34.1 Å². The van der Waals surface area contributed by atoms with Crippen molar-refractivity contribution in [2.75, 3.05) is 5.73 Å². The lowest BCUT2D eigenvalue weighted by Gasteiger charge is -2.04. The molecular weight excluding hydrogens is 230 g/mol. The SMILES string of the molecule is Nc1ccc2c(Br)cccc2c1O. The molecule has 3 N–H and O–H groups in total. The maximum atomic E-state index is 9.64. The number of nitrogens with two attached hydrogens (primary N) is 1. The molecule has 13 heavy (non-hydrogen) atoms. The van der Waals surface area contributed by atoms with Gasteiger partial charge in [0.15, 0.2) is 0 Å². The molecule has 0 atom stereocenters. The molecule has 0 aliphatic rings. The van der Waals surface area contributed by atoms with Gasteiger partial charge in [0.25, 0.3) is 0 Å². The number of aromatic hydroxyl groups is 1. The minimum absolute atomic E-state index is 0.152. The molecule has 2 nitrogen and oxygen atoms in total. The molecular formula is C10H8BrNO. The molecule has 3 heteroatoms. The summed E-state index contributed by atoms with van der Waals surface area (Å²) in [5.74, 6) is 0.152. The fourth-order valence-electron chi connectivity index (χ4n) is 1.32. The minimum atomic E-state index is 0.152. The van der Waals surface area contributed by atoms with Gasteiger partial charge in [0, 0.05) is 9.86 Å². The van der Waals surface area contributed by atoms with Crippen LogP contribution in [0.15, 0.2) is 34.8 Å². The lowest BCUT2D eigenvalue weighted by Crippen LogP contribution is -1.86. The van der Waals surface area contributed by atoms with Crippen LogP contribution in [0.1, 0.15) is 0 Å². The Hall–Kier alpha value is -1.22. The molecule has 0 aromatic heterocycles. The molecule has 0 heterocycles. The smallest absolute Gasteiger partial charge is 0.146 e. The molecule has 2 aromatic rings. The highest BCUT2D eigenvalue weighted by Crippen LogP contribution is 2.33. The van der Waals surface area contributed by atoms with E-state index in [1.165, 1.54) is 0 Å². The van der Waals surface area contributed by atoms with E-state index in [0.717, 1.165) is 15.2 Å². The van der Waals surface area contributed by atoms with Gasteiger partial charge in [-0.2, -0.15) is 0 Å². The van der Waals surface area contributed by atoms with E-state index in [1.54, 1.807) is 6.07 Å². The molecule has 0 saturated heterocycles. The van der Waals surface area contributed by atoms with Gasteiger partial charge in [0.1, 0.15) is 5.75 Å². The predicted octanol–water partition coefficient (Wildman–Crippen LogP) is 2.89. The minimum Gasteiger partial charge on any atom is -0.505 e. The van der Waals surface area contributed by atoms with Gasteiger partial charge in [0.2, 0.25) is 0 Å². The molecule has 2 aromatic carbocycles. The number of phenols is 1. The molecule has 0 unspecified atom stereocenters. The zero-order valence-corrected chi connectivity index (χ0v) is 8.38. The number of halogens is 1. The van der Waals surface area contributed by atoms with Gasteiger partial charge in [0.05, 0.1) is 5.69 Å². The lowest BCUT2D eigenvalue weighted by molar-refractivity contribution is 0.484. The standard InChI is InChI=1S/C10H8BrNO/c11-8-3-1-2-7-6(8)4-5-9(12)10(7)13/h1-5,13H,12H2. The van der Waals surface area contributed by atoms with Crippen LogP contribution in [-0.4, -0.2) is 5.11 Å². The summed E-state index contributed by atoms with van der Waals surface area (Å²) in [4.78, 5) is 0. The number of nitrogen functional groups attached to an aromatic ring is 1. The highest BCUT2D eigenvalue weighted by atomic mass is 79.9. The lowest BCUT2D eigenvalue weighted by atomic mass is 10.1. The summed E-state index contributed by atoms with van der Waals surface area (Å²) in [5, 5.41) is 11.4. The molecule has 0 saturated carbocycles. The maximum Gasteiger partial charge on any atom is 0.146 e. The average Bonchev–Trinajstić information content (AvgIpc) is 2.12. The zero-order valence-electron chi connectivity index (χ0n) is 6.79.